The van der Waals surface area contributed by atoms with Crippen LogP contribution < -0.4 is 10.2 Å². The number of nitrogens with one attached hydrogen (secondary N) is 1. The highest BCUT2D eigenvalue weighted by molar-refractivity contribution is 6.01. The van der Waals surface area contributed by atoms with Crippen LogP contribution in [-0.2, 0) is 14.4 Å². The van der Waals surface area contributed by atoms with Crippen LogP contribution in [0.2, 0.25) is 0 Å². The predicted molar refractivity (Wildman–Crippen MR) is 86.2 cm³/mol. The Bertz CT molecular complexity index is 641. The summed E-state index contributed by atoms with van der Waals surface area (Å²) in [5.74, 6) is -1.75. The zero-order chi connectivity index (χ0) is 17.1. The van der Waals surface area contributed by atoms with Gasteiger partial charge in [-0.3, -0.25) is 14.4 Å². The van der Waals surface area contributed by atoms with Crippen LogP contribution >= 0.6 is 0 Å². The highest BCUT2D eigenvalue weighted by atomic mass is 16.4. The summed E-state index contributed by atoms with van der Waals surface area (Å²) in [7, 11) is 0. The van der Waals surface area contributed by atoms with Gasteiger partial charge in [0.1, 0.15) is 0 Å². The number of hydrogen-bond donors (Lipinski definition) is 2. The van der Waals surface area contributed by atoms with E-state index in [0.717, 1.165) is 16.8 Å². The summed E-state index contributed by atoms with van der Waals surface area (Å²) in [4.78, 5) is 36.8. The van der Waals surface area contributed by atoms with Crippen LogP contribution in [0.1, 0.15) is 30.9 Å². The molecule has 1 saturated heterocycles. The highest BCUT2D eigenvalue weighted by Gasteiger charge is 2.36. The first-order chi connectivity index (χ1) is 10.8. The minimum atomic E-state index is -0.961. The van der Waals surface area contributed by atoms with Gasteiger partial charge in [-0.1, -0.05) is 12.1 Å². The van der Waals surface area contributed by atoms with Crippen LogP contribution in [0, 0.1) is 19.8 Å². The van der Waals surface area contributed by atoms with E-state index in [1.165, 1.54) is 0 Å². The van der Waals surface area contributed by atoms with Gasteiger partial charge in [-0.05, 0) is 38.0 Å². The number of hydrogen-bond acceptors (Lipinski definition) is 3. The minimum absolute atomic E-state index is 0.0789. The third-order valence-electron chi connectivity index (χ3n) is 4.23. The Hall–Kier alpha value is -2.37. The summed E-state index contributed by atoms with van der Waals surface area (Å²) in [5, 5.41) is 11.4. The van der Waals surface area contributed by atoms with Crippen LogP contribution in [0.15, 0.2) is 18.2 Å². The summed E-state index contributed by atoms with van der Waals surface area (Å²) in [6, 6.07) is 5.31. The van der Waals surface area contributed by atoms with Crippen LogP contribution in [0.5, 0.6) is 0 Å². The molecule has 1 heterocycles. The van der Waals surface area contributed by atoms with E-state index in [2.05, 4.69) is 5.32 Å². The van der Waals surface area contributed by atoms with E-state index < -0.39 is 17.9 Å². The fourth-order valence-corrected chi connectivity index (χ4v) is 2.82. The Labute approximate surface area is 135 Å². The number of nitrogens with zero attached hydrogens (tertiary/aromatic N) is 1. The Kier molecular flexibility index (Phi) is 5.03. The molecular weight excluding hydrogens is 296 g/mol. The lowest BCUT2D eigenvalue weighted by molar-refractivity contribution is -0.137. The molecule has 1 fully saturated rings. The molecule has 2 N–H and O–H groups in total. The number of carbonyl (C=O) groups excluding carboxylic acids is 2. The number of rotatable bonds is 5. The van der Waals surface area contributed by atoms with Crippen molar-refractivity contribution in [3.63, 3.8) is 0 Å². The number of benzene rings is 1. The van der Waals surface area contributed by atoms with Gasteiger partial charge < -0.3 is 15.3 Å². The zero-order valence-corrected chi connectivity index (χ0v) is 13.6. The van der Waals surface area contributed by atoms with Gasteiger partial charge in [-0.15, -0.1) is 0 Å². The van der Waals surface area contributed by atoms with Crippen molar-refractivity contribution in [1.82, 2.24) is 5.32 Å². The molecule has 1 aliphatic rings. The Morgan fingerprint density at radius 2 is 2.09 bits per heavy atom. The smallest absolute Gasteiger partial charge is 0.305 e. The normalized spacial score (nSPS) is 18.8. The maximum atomic E-state index is 12.3. The zero-order valence-electron chi connectivity index (χ0n) is 13.6. The molecule has 2 amide bonds. The van der Waals surface area contributed by atoms with Gasteiger partial charge >= 0.3 is 5.97 Å². The maximum absolute atomic E-state index is 12.3. The number of anilines is 1. The molecule has 6 nitrogen and oxygen atoms in total. The largest absolute Gasteiger partial charge is 0.481 e. The van der Waals surface area contributed by atoms with Gasteiger partial charge in [0.05, 0.1) is 12.3 Å². The summed E-state index contributed by atoms with van der Waals surface area (Å²) in [6.07, 6.45) is 0.0200. The van der Waals surface area contributed by atoms with E-state index >= 15 is 0 Å². The molecule has 6 heteroatoms. The topological polar surface area (TPSA) is 86.7 Å². The van der Waals surface area contributed by atoms with Crippen molar-refractivity contribution in [2.45, 2.75) is 39.7 Å². The average Bonchev–Trinajstić information content (AvgIpc) is 2.83. The Morgan fingerprint density at radius 1 is 1.39 bits per heavy atom. The molecule has 2 atom stereocenters. The quantitative estimate of drug-likeness (QED) is 0.864. The lowest BCUT2D eigenvalue weighted by atomic mass is 10.1. The Balaban J connectivity index is 2.06. The first-order valence-electron chi connectivity index (χ1n) is 7.68. The second-order valence-electron chi connectivity index (χ2n) is 6.13. The molecule has 0 radical (unpaired) electrons. The molecule has 0 aliphatic carbocycles. The van der Waals surface area contributed by atoms with Crippen molar-refractivity contribution in [3.05, 3.63) is 29.3 Å². The van der Waals surface area contributed by atoms with Crippen molar-refractivity contribution in [2.24, 2.45) is 5.92 Å². The first kappa shape index (κ1) is 17.0. The van der Waals surface area contributed by atoms with Crippen molar-refractivity contribution in [3.8, 4) is 0 Å². The maximum Gasteiger partial charge on any atom is 0.305 e. The Morgan fingerprint density at radius 3 is 2.74 bits per heavy atom. The van der Waals surface area contributed by atoms with Crippen LogP contribution in [0.3, 0.4) is 0 Å². The van der Waals surface area contributed by atoms with E-state index in [9.17, 15) is 14.4 Å². The van der Waals surface area contributed by atoms with Gasteiger partial charge in [-0.2, -0.15) is 0 Å². The van der Waals surface area contributed by atoms with Crippen LogP contribution in [-0.4, -0.2) is 35.5 Å². The SMILES string of the molecule is Cc1cccc(N2C[C@@H](C(=O)N[C@@H](C)CC(=O)O)CC2=O)c1C. The molecule has 1 aromatic rings. The first-order valence-corrected chi connectivity index (χ1v) is 7.68. The van der Waals surface area contributed by atoms with E-state index in [0.29, 0.717) is 6.54 Å². The fourth-order valence-electron chi connectivity index (χ4n) is 2.82. The van der Waals surface area contributed by atoms with E-state index in [-0.39, 0.29) is 24.7 Å². The van der Waals surface area contributed by atoms with Crippen molar-refractivity contribution in [1.29, 1.82) is 0 Å². The molecule has 0 aromatic heterocycles. The molecule has 1 aliphatic heterocycles. The summed E-state index contributed by atoms with van der Waals surface area (Å²) < 4.78 is 0. The third-order valence-corrected chi connectivity index (χ3v) is 4.23. The summed E-state index contributed by atoms with van der Waals surface area (Å²) >= 11 is 0. The number of carbonyl (C=O) groups is 3. The van der Waals surface area contributed by atoms with E-state index in [1.54, 1.807) is 11.8 Å². The lowest BCUT2D eigenvalue weighted by Crippen LogP contribution is -2.39. The fraction of sp³-hybridized carbons (Fsp3) is 0.471. The molecule has 23 heavy (non-hydrogen) atoms. The molecule has 1 aromatic carbocycles. The number of carboxylic acid groups (broad SMARTS) is 1. The lowest BCUT2D eigenvalue weighted by Gasteiger charge is -2.20. The highest BCUT2D eigenvalue weighted by Crippen LogP contribution is 2.29. The molecule has 2 rings (SSSR count). The third kappa shape index (κ3) is 3.88. The minimum Gasteiger partial charge on any atom is -0.481 e. The second kappa shape index (κ2) is 6.81. The van der Waals surface area contributed by atoms with E-state index in [1.807, 2.05) is 32.0 Å². The molecule has 124 valence electrons. The van der Waals surface area contributed by atoms with Gasteiger partial charge in [-0.25, -0.2) is 0 Å². The van der Waals surface area contributed by atoms with Crippen molar-refractivity contribution in [2.75, 3.05) is 11.4 Å². The molecular formula is C17H22N2O4. The number of aryl methyl sites for hydroxylation is 1. The molecule has 0 bridgehead atoms. The molecule has 0 unspecified atom stereocenters. The number of aliphatic carboxylic acids is 1. The van der Waals surface area contributed by atoms with E-state index in [4.69, 9.17) is 5.11 Å². The molecule has 0 spiro atoms. The summed E-state index contributed by atoms with van der Waals surface area (Å²) in [5.41, 5.74) is 2.96. The monoisotopic (exact) mass is 318 g/mol. The van der Waals surface area contributed by atoms with Gasteiger partial charge in [0, 0.05) is 24.7 Å². The van der Waals surface area contributed by atoms with Crippen molar-refractivity contribution < 1.29 is 19.5 Å². The molecule has 0 saturated carbocycles. The van der Waals surface area contributed by atoms with Crippen LogP contribution in [0.4, 0.5) is 5.69 Å². The van der Waals surface area contributed by atoms with Crippen LogP contribution in [0.25, 0.3) is 0 Å². The van der Waals surface area contributed by atoms with Crippen molar-refractivity contribution >= 4 is 23.5 Å². The van der Waals surface area contributed by atoms with Gasteiger partial charge in [0.2, 0.25) is 11.8 Å². The average molecular weight is 318 g/mol. The second-order valence-corrected chi connectivity index (χ2v) is 6.13. The number of carboxylic acids is 1. The van der Waals surface area contributed by atoms with Gasteiger partial charge in [0.25, 0.3) is 0 Å². The standard InChI is InChI=1S/C17H22N2O4/c1-10-5-4-6-14(12(10)3)19-9-13(8-15(19)20)17(23)18-11(2)7-16(21)22/h4-6,11,13H,7-9H2,1-3H3,(H,18,23)(H,21,22)/t11-,13-/m0/s1. The number of amides is 2. The summed E-state index contributed by atoms with van der Waals surface area (Å²) in [6.45, 7) is 5.91. The predicted octanol–water partition coefficient (Wildman–Crippen LogP) is 1.64. The van der Waals surface area contributed by atoms with Gasteiger partial charge in [0.15, 0.2) is 0 Å².